The molecule has 0 N–H and O–H groups in total. The summed E-state index contributed by atoms with van der Waals surface area (Å²) < 4.78 is 0. The third-order valence-corrected chi connectivity index (χ3v) is 25.3. The van der Waals surface area contributed by atoms with Crippen LogP contribution in [0.1, 0.15) is 105 Å². The van der Waals surface area contributed by atoms with Gasteiger partial charge in [0.2, 0.25) is 0 Å². The first-order valence-corrected chi connectivity index (χ1v) is 42.7. The molecule has 0 amide bonds. The van der Waals surface area contributed by atoms with Crippen LogP contribution in [0.25, 0.3) is 197 Å². The highest BCUT2D eigenvalue weighted by Gasteiger charge is 2.23. The van der Waals surface area contributed by atoms with Gasteiger partial charge in [-0.3, -0.25) is 0 Å². The van der Waals surface area contributed by atoms with Crippen molar-refractivity contribution in [2.24, 2.45) is 0 Å². The zero-order valence-corrected chi connectivity index (χ0v) is 71.0. The van der Waals surface area contributed by atoms with Gasteiger partial charge in [-0.05, 0) is 278 Å². The van der Waals surface area contributed by atoms with E-state index in [1.54, 1.807) is 0 Å². The minimum absolute atomic E-state index is 0.120. The van der Waals surface area contributed by atoms with Crippen molar-refractivity contribution >= 4 is 86.2 Å². The van der Waals surface area contributed by atoms with E-state index in [9.17, 15) is 0 Å². The Kier molecular flexibility index (Phi) is 19.4. The van der Waals surface area contributed by atoms with Gasteiger partial charge in [-0.1, -0.05) is 435 Å². The second-order valence-electron chi connectivity index (χ2n) is 37.2. The van der Waals surface area contributed by atoms with E-state index in [0.29, 0.717) is 0 Å². The molecule has 0 unspecified atom stereocenters. The molecule has 20 rings (SSSR count). The lowest BCUT2D eigenvalue weighted by Crippen LogP contribution is -2.10. The maximum atomic E-state index is 2.35. The van der Waals surface area contributed by atoms with Gasteiger partial charge < -0.3 is 0 Å². The van der Waals surface area contributed by atoms with Crippen LogP contribution in [0.15, 0.2) is 388 Å². The topological polar surface area (TPSA) is 0 Å². The van der Waals surface area contributed by atoms with E-state index in [2.05, 4.69) is 471 Å². The van der Waals surface area contributed by atoms with E-state index >= 15 is 0 Å². The number of hydrogen-bond donors (Lipinski definition) is 0. The molecule has 0 aliphatic carbocycles. The fourth-order valence-electron chi connectivity index (χ4n) is 18.3. The smallest absolute Gasteiger partial charge is 0.00987 e. The fraction of sp³-hybridized carbons (Fsp3) is 0.133. The largest absolute Gasteiger partial charge is 0.0616 e. The van der Waals surface area contributed by atoms with Gasteiger partial charge in [0, 0.05) is 0 Å². The Bertz CT molecular complexity index is 7190. The number of hydrogen-bond acceptors (Lipinski definition) is 0. The van der Waals surface area contributed by atoms with E-state index in [1.165, 1.54) is 220 Å². The Morgan fingerprint density at radius 1 is 0.117 bits per heavy atom. The third-order valence-electron chi connectivity index (χ3n) is 25.3. The van der Waals surface area contributed by atoms with Crippen LogP contribution in [0.5, 0.6) is 0 Å². The van der Waals surface area contributed by atoms with Gasteiger partial charge in [-0.2, -0.15) is 0 Å². The van der Waals surface area contributed by atoms with Gasteiger partial charge >= 0.3 is 0 Å². The second kappa shape index (κ2) is 30.4. The zero-order chi connectivity index (χ0) is 82.3. The van der Waals surface area contributed by atoms with Crippen LogP contribution < -0.4 is 0 Å². The molecule has 0 aromatic heterocycles. The summed E-state index contributed by atoms with van der Waals surface area (Å²) in [5.74, 6) is 0. The molecule has 0 saturated heterocycles. The maximum Gasteiger partial charge on any atom is -0.00987 e. The van der Waals surface area contributed by atoms with Crippen LogP contribution in [0.3, 0.4) is 0 Å². The fourth-order valence-corrected chi connectivity index (χ4v) is 18.3. The number of fused-ring (bicyclic) bond motifs is 8. The predicted octanol–water partition coefficient (Wildman–Crippen LogP) is 34.5. The monoisotopic (exact) mass is 1540 g/mol. The summed E-state index contributed by atoms with van der Waals surface area (Å²) in [6, 6.07) is 145. The molecule has 0 aliphatic rings. The first-order chi connectivity index (χ1) is 58.0. The lowest BCUT2D eigenvalue weighted by molar-refractivity contribution is 0.590. The van der Waals surface area contributed by atoms with Gasteiger partial charge in [-0.25, -0.2) is 0 Å². The molecule has 580 valence electrons. The normalized spacial score (nSPS) is 12.2. The molecule has 0 nitrogen and oxygen atoms in total. The van der Waals surface area contributed by atoms with Crippen LogP contribution in [-0.4, -0.2) is 0 Å². The van der Waals surface area contributed by atoms with E-state index in [-0.39, 0.29) is 21.7 Å². The molecular weight excluding hydrogens is 1440 g/mol. The Morgan fingerprint density at radius 3 is 0.517 bits per heavy atom. The van der Waals surface area contributed by atoms with Gasteiger partial charge in [0.15, 0.2) is 0 Å². The summed E-state index contributed by atoms with van der Waals surface area (Å²) in [6.45, 7) is 27.2. The first kappa shape index (κ1) is 76.5. The minimum atomic E-state index is 0.120. The molecule has 0 heterocycles. The van der Waals surface area contributed by atoms with Crippen LogP contribution in [0, 0.1) is 0 Å². The van der Waals surface area contributed by atoms with Crippen molar-refractivity contribution in [2.75, 3.05) is 0 Å². The van der Waals surface area contributed by atoms with Gasteiger partial charge in [0.05, 0.1) is 0 Å². The second-order valence-corrected chi connectivity index (χ2v) is 37.2. The average Bonchev–Trinajstić information content (AvgIpc) is 0.745. The molecule has 20 aromatic carbocycles. The first-order valence-electron chi connectivity index (χ1n) is 42.7. The molecule has 0 aliphatic heterocycles. The van der Waals surface area contributed by atoms with Crippen molar-refractivity contribution < 1.29 is 0 Å². The molecule has 0 spiro atoms. The predicted molar refractivity (Wildman–Crippen MR) is 522 cm³/mol. The molecular formula is C120H100. The van der Waals surface area contributed by atoms with E-state index in [1.807, 2.05) is 0 Å². The molecule has 0 bridgehead atoms. The highest BCUT2D eigenvalue weighted by molar-refractivity contribution is 6.16. The van der Waals surface area contributed by atoms with Gasteiger partial charge in [0.25, 0.3) is 0 Å². The van der Waals surface area contributed by atoms with Crippen molar-refractivity contribution in [1.82, 2.24) is 0 Å². The zero-order valence-electron chi connectivity index (χ0n) is 71.0. The average molecular weight is 1540 g/mol. The molecule has 0 saturated carbocycles. The molecule has 20 aromatic rings. The summed E-state index contributed by atoms with van der Waals surface area (Å²) in [4.78, 5) is 0. The van der Waals surface area contributed by atoms with E-state index in [4.69, 9.17) is 0 Å². The highest BCUT2D eigenvalue weighted by Crippen LogP contribution is 2.47. The van der Waals surface area contributed by atoms with Crippen LogP contribution in [0.2, 0.25) is 0 Å². The summed E-state index contributed by atoms with van der Waals surface area (Å²) in [5, 5.41) is 20.1. The SMILES string of the molecule is CC(C)(C)c1ccc(-c2ccc3cc(-c4ccc(-c5cccc6c(-c7ccc(-c8ccc(C(C)(C)C)cc8)c8ccccc78)cccc56)c5ccccc45)ccc3c2)cc1.CC(C)(C)c1ccc(-c2ccc3cc(-c4cccc5c(-c6ccc(-c7ccc8cc(-c9ccc(C(C)(C)C)cc9)ccc8c7)c7ccccc67)cccc45)ccc3c2)cc1. The molecule has 0 heteroatoms. The summed E-state index contributed by atoms with van der Waals surface area (Å²) in [5.41, 5.74) is 30.9. The van der Waals surface area contributed by atoms with Gasteiger partial charge in [0.1, 0.15) is 0 Å². The van der Waals surface area contributed by atoms with Crippen molar-refractivity contribution in [1.29, 1.82) is 0 Å². The maximum absolute atomic E-state index is 2.35. The Morgan fingerprint density at radius 2 is 0.275 bits per heavy atom. The summed E-state index contributed by atoms with van der Waals surface area (Å²) >= 11 is 0. The lowest BCUT2D eigenvalue weighted by atomic mass is 9.85. The Balaban J connectivity index is 0.000000159. The quantitative estimate of drug-likeness (QED) is 0.128. The molecule has 120 heavy (non-hydrogen) atoms. The standard InChI is InChI=1S/2C60H50/c1-59(2,3)45-29-25-39(26-30-45)41-21-22-43-38-44(24-23-42(43)37-41)48-34-36-58(52-16-10-8-14-50(48)52)56-20-12-17-53-54(56)18-11-19-55(53)57-35-33-47(49-13-7-9-15-51(49)57)40-27-31-46(32-28-40)60(4,5)6;1-59(2,3)49-29-25-39(26-30-49)41-17-19-45-37-47(23-21-43(45)35-41)51-13-9-15-56-54(51)14-10-16-57(56)58-34-33-52(53-11-7-8-12-55(53)58)48-24-22-44-36-42(18-20-46(44)38-48)40-27-31-50(32-28-40)60(4,5)6/h2*7-38H,1-6H3. The lowest BCUT2D eigenvalue weighted by Gasteiger charge is -2.20. The summed E-state index contributed by atoms with van der Waals surface area (Å²) in [6.07, 6.45) is 0. The van der Waals surface area contributed by atoms with Crippen LogP contribution >= 0.6 is 0 Å². The van der Waals surface area contributed by atoms with Crippen LogP contribution in [-0.2, 0) is 21.7 Å². The summed E-state index contributed by atoms with van der Waals surface area (Å²) in [7, 11) is 0. The van der Waals surface area contributed by atoms with Crippen molar-refractivity contribution in [3.63, 3.8) is 0 Å². The highest BCUT2D eigenvalue weighted by atomic mass is 14.3. The van der Waals surface area contributed by atoms with Gasteiger partial charge in [-0.15, -0.1) is 0 Å². The van der Waals surface area contributed by atoms with Crippen molar-refractivity contribution in [3.8, 4) is 111 Å². The van der Waals surface area contributed by atoms with E-state index < -0.39 is 0 Å². The molecule has 0 fully saturated rings. The number of rotatable bonds is 10. The minimum Gasteiger partial charge on any atom is -0.0616 e. The Hall–Kier alpha value is -13.5. The molecule has 0 radical (unpaired) electrons. The third kappa shape index (κ3) is 14.6. The number of benzene rings is 20. The van der Waals surface area contributed by atoms with E-state index in [0.717, 1.165) is 0 Å². The molecule has 0 atom stereocenters. The van der Waals surface area contributed by atoms with Crippen molar-refractivity contribution in [2.45, 2.75) is 105 Å². The Labute approximate surface area is 707 Å². The van der Waals surface area contributed by atoms with Crippen LogP contribution in [0.4, 0.5) is 0 Å². The van der Waals surface area contributed by atoms with Crippen molar-refractivity contribution in [3.05, 3.63) is 411 Å².